The maximum atomic E-state index is 11.9. The molecule has 0 N–H and O–H groups in total. The number of carbonyl (C=O) groups excluding carboxylic acids is 3. The summed E-state index contributed by atoms with van der Waals surface area (Å²) in [6, 6.07) is 0. The molecule has 0 aliphatic heterocycles. The normalized spacial score (nSPS) is 29.7. The fourth-order valence-corrected chi connectivity index (χ4v) is 2.72. The zero-order valence-corrected chi connectivity index (χ0v) is 11.5. The van der Waals surface area contributed by atoms with Gasteiger partial charge in [0.1, 0.15) is 0 Å². The molecule has 0 unspecified atom stereocenters. The molecule has 1 aliphatic rings. The van der Waals surface area contributed by atoms with Crippen molar-refractivity contribution < 1.29 is 23.9 Å². The highest BCUT2D eigenvalue weighted by molar-refractivity contribution is 5.88. The van der Waals surface area contributed by atoms with Crippen LogP contribution in [0.5, 0.6) is 0 Å². The molecule has 1 saturated carbocycles. The van der Waals surface area contributed by atoms with E-state index in [1.165, 1.54) is 14.0 Å². The highest BCUT2D eigenvalue weighted by Gasteiger charge is 2.59. The van der Waals surface area contributed by atoms with Gasteiger partial charge in [0.05, 0.1) is 18.4 Å². The number of rotatable bonds is 2. The molecular formula is C13H20O5. The van der Waals surface area contributed by atoms with Crippen LogP contribution >= 0.6 is 0 Å². The average Bonchev–Trinajstić information content (AvgIpc) is 2.49. The Morgan fingerprint density at radius 3 is 2.17 bits per heavy atom. The molecule has 2 atom stereocenters. The van der Waals surface area contributed by atoms with Gasteiger partial charge in [-0.3, -0.25) is 14.4 Å². The van der Waals surface area contributed by atoms with Crippen LogP contribution in [0.15, 0.2) is 0 Å². The molecule has 0 aromatic carbocycles. The lowest BCUT2D eigenvalue weighted by Crippen LogP contribution is -2.43. The number of carbonyl (C=O) groups is 3. The number of ether oxygens (including phenoxy) is 2. The summed E-state index contributed by atoms with van der Waals surface area (Å²) in [5.74, 6) is -1.97. The first-order valence-corrected chi connectivity index (χ1v) is 5.97. The van der Waals surface area contributed by atoms with Crippen molar-refractivity contribution in [2.24, 2.45) is 16.7 Å². The van der Waals surface area contributed by atoms with Crippen LogP contribution in [-0.4, -0.2) is 25.0 Å². The third-order valence-electron chi connectivity index (χ3n) is 4.39. The van der Waals surface area contributed by atoms with E-state index in [9.17, 15) is 14.4 Å². The Balaban J connectivity index is 2.98. The third kappa shape index (κ3) is 2.13. The maximum absolute atomic E-state index is 11.9. The van der Waals surface area contributed by atoms with E-state index in [0.29, 0.717) is 12.8 Å². The van der Waals surface area contributed by atoms with Gasteiger partial charge in [0.2, 0.25) is 0 Å². The Hall–Kier alpha value is -1.39. The number of methoxy groups -OCH3 is 1. The van der Waals surface area contributed by atoms with E-state index in [2.05, 4.69) is 4.74 Å². The summed E-state index contributed by atoms with van der Waals surface area (Å²) in [4.78, 5) is 34.6. The number of esters is 3. The van der Waals surface area contributed by atoms with Crippen molar-refractivity contribution >= 4 is 17.9 Å². The van der Waals surface area contributed by atoms with E-state index in [1.54, 1.807) is 6.92 Å². The predicted octanol–water partition coefficient (Wildman–Crippen LogP) is 1.69. The van der Waals surface area contributed by atoms with Crippen LogP contribution in [0.2, 0.25) is 0 Å². The monoisotopic (exact) mass is 256 g/mol. The average molecular weight is 256 g/mol. The molecule has 1 fully saturated rings. The first-order chi connectivity index (χ1) is 8.16. The summed E-state index contributed by atoms with van der Waals surface area (Å²) in [5.41, 5.74) is -1.34. The molecule has 0 saturated heterocycles. The zero-order chi connectivity index (χ0) is 14.1. The SMILES string of the molecule is COC(=O)[C@@]1(C)CC[C@@H](C(=O)OC(C)=O)C1(C)C. The van der Waals surface area contributed by atoms with Gasteiger partial charge >= 0.3 is 17.9 Å². The van der Waals surface area contributed by atoms with Gasteiger partial charge in [0.25, 0.3) is 0 Å². The van der Waals surface area contributed by atoms with Gasteiger partial charge in [0.15, 0.2) is 0 Å². The van der Waals surface area contributed by atoms with Crippen LogP contribution in [0.1, 0.15) is 40.5 Å². The summed E-state index contributed by atoms with van der Waals surface area (Å²) >= 11 is 0. The second-order valence-electron chi connectivity index (χ2n) is 5.55. The molecule has 5 heteroatoms. The Labute approximate surface area is 107 Å². The predicted molar refractivity (Wildman–Crippen MR) is 63.4 cm³/mol. The van der Waals surface area contributed by atoms with Gasteiger partial charge in [-0.25, -0.2) is 0 Å². The van der Waals surface area contributed by atoms with Crippen molar-refractivity contribution in [2.45, 2.75) is 40.5 Å². The largest absolute Gasteiger partial charge is 0.469 e. The van der Waals surface area contributed by atoms with Crippen LogP contribution < -0.4 is 0 Å². The molecule has 5 nitrogen and oxygen atoms in total. The van der Waals surface area contributed by atoms with Gasteiger partial charge in [-0.15, -0.1) is 0 Å². The quantitative estimate of drug-likeness (QED) is 0.555. The molecule has 102 valence electrons. The van der Waals surface area contributed by atoms with Crippen molar-refractivity contribution in [3.63, 3.8) is 0 Å². The number of hydrogen-bond acceptors (Lipinski definition) is 5. The number of hydrogen-bond donors (Lipinski definition) is 0. The van der Waals surface area contributed by atoms with Crippen molar-refractivity contribution in [3.05, 3.63) is 0 Å². The minimum atomic E-state index is -0.734. The van der Waals surface area contributed by atoms with E-state index >= 15 is 0 Å². The second-order valence-corrected chi connectivity index (χ2v) is 5.55. The van der Waals surface area contributed by atoms with E-state index < -0.39 is 28.7 Å². The van der Waals surface area contributed by atoms with E-state index in [0.717, 1.165) is 0 Å². The van der Waals surface area contributed by atoms with E-state index in [1.807, 2.05) is 13.8 Å². The molecule has 0 amide bonds. The molecule has 0 radical (unpaired) electrons. The van der Waals surface area contributed by atoms with Crippen molar-refractivity contribution in [2.75, 3.05) is 7.11 Å². The molecule has 18 heavy (non-hydrogen) atoms. The summed E-state index contributed by atoms with van der Waals surface area (Å²) < 4.78 is 9.47. The minimum Gasteiger partial charge on any atom is -0.469 e. The lowest BCUT2D eigenvalue weighted by Gasteiger charge is -2.38. The molecule has 0 heterocycles. The molecule has 0 bridgehead atoms. The van der Waals surface area contributed by atoms with Gasteiger partial charge in [0, 0.05) is 6.92 Å². The Morgan fingerprint density at radius 1 is 1.17 bits per heavy atom. The van der Waals surface area contributed by atoms with Gasteiger partial charge in [-0.05, 0) is 25.2 Å². The zero-order valence-electron chi connectivity index (χ0n) is 11.5. The summed E-state index contributed by atoms with van der Waals surface area (Å²) in [6.45, 7) is 6.66. The molecule has 0 aromatic rings. The highest BCUT2D eigenvalue weighted by Crippen LogP contribution is 2.56. The van der Waals surface area contributed by atoms with Gasteiger partial charge < -0.3 is 9.47 Å². The second kappa shape index (κ2) is 4.71. The molecule has 1 rings (SSSR count). The lowest BCUT2D eigenvalue weighted by molar-refractivity contribution is -0.167. The first kappa shape index (κ1) is 14.7. The first-order valence-electron chi connectivity index (χ1n) is 5.97. The fraction of sp³-hybridized carbons (Fsp3) is 0.769. The highest BCUT2D eigenvalue weighted by atomic mass is 16.6. The standard InChI is InChI=1S/C13H20O5/c1-8(14)18-10(15)9-6-7-13(4,11(16)17-5)12(9,2)3/h9H,6-7H2,1-5H3/t9-,13+/m0/s1. The minimum absolute atomic E-state index is 0.328. The van der Waals surface area contributed by atoms with E-state index in [-0.39, 0.29) is 5.97 Å². The van der Waals surface area contributed by atoms with Crippen LogP contribution in [0.3, 0.4) is 0 Å². The Morgan fingerprint density at radius 2 is 1.72 bits per heavy atom. The summed E-state index contributed by atoms with van der Waals surface area (Å²) in [7, 11) is 1.34. The molecule has 0 spiro atoms. The van der Waals surface area contributed by atoms with Crippen LogP contribution in [0, 0.1) is 16.7 Å². The summed E-state index contributed by atoms with van der Waals surface area (Å²) in [5, 5.41) is 0. The van der Waals surface area contributed by atoms with Crippen LogP contribution in [0.4, 0.5) is 0 Å². The summed E-state index contributed by atoms with van der Waals surface area (Å²) in [6.07, 6.45) is 1.06. The van der Waals surface area contributed by atoms with Gasteiger partial charge in [-0.1, -0.05) is 13.8 Å². The van der Waals surface area contributed by atoms with Gasteiger partial charge in [-0.2, -0.15) is 0 Å². The smallest absolute Gasteiger partial charge is 0.317 e. The van der Waals surface area contributed by atoms with Crippen molar-refractivity contribution in [1.29, 1.82) is 0 Å². The Bertz CT molecular complexity index is 385. The Kier molecular flexibility index (Phi) is 3.84. The van der Waals surface area contributed by atoms with E-state index in [4.69, 9.17) is 4.74 Å². The molecule has 1 aliphatic carbocycles. The maximum Gasteiger partial charge on any atom is 0.317 e. The molecule has 0 aromatic heterocycles. The lowest BCUT2D eigenvalue weighted by atomic mass is 9.65. The molecular weight excluding hydrogens is 236 g/mol. The van der Waals surface area contributed by atoms with Crippen molar-refractivity contribution in [3.8, 4) is 0 Å². The van der Waals surface area contributed by atoms with Crippen LogP contribution in [-0.2, 0) is 23.9 Å². The van der Waals surface area contributed by atoms with Crippen molar-refractivity contribution in [1.82, 2.24) is 0 Å². The van der Waals surface area contributed by atoms with Crippen LogP contribution in [0.25, 0.3) is 0 Å². The third-order valence-corrected chi connectivity index (χ3v) is 4.39. The topological polar surface area (TPSA) is 69.7 Å². The fourth-order valence-electron chi connectivity index (χ4n) is 2.72.